The van der Waals surface area contributed by atoms with Gasteiger partial charge in [-0.2, -0.15) is 13.2 Å². The van der Waals surface area contributed by atoms with Gasteiger partial charge in [-0.3, -0.25) is 9.59 Å². The molecular formula is C25H25F3N2O5. The molecule has 1 fully saturated rings. The maximum absolute atomic E-state index is 13.6. The van der Waals surface area contributed by atoms with Crippen molar-refractivity contribution < 1.29 is 37.4 Å². The standard InChI is InChI=1S/C25H25F3N2O5/c26-25(27,28)21(13-22(31)30-11-5-6-15(30)12-23(32)33)29-24(34)35-14-20-18-9-3-1-7-16(18)17-8-2-4-10-19(17)20/h1-4,7-10,15,20-21H,5-6,11-14H2,(H,29,34)(H,32,33)/t15-,21?/m0/s1. The Balaban J connectivity index is 1.40. The van der Waals surface area contributed by atoms with E-state index >= 15 is 0 Å². The Morgan fingerprint density at radius 3 is 2.23 bits per heavy atom. The van der Waals surface area contributed by atoms with Crippen molar-refractivity contribution in [3.8, 4) is 11.1 Å². The van der Waals surface area contributed by atoms with Crippen molar-refractivity contribution in [3.05, 3.63) is 59.7 Å². The maximum atomic E-state index is 13.6. The quantitative estimate of drug-likeness (QED) is 0.603. The third kappa shape index (κ3) is 5.41. The lowest BCUT2D eigenvalue weighted by Gasteiger charge is -2.27. The molecule has 0 aromatic heterocycles. The largest absolute Gasteiger partial charge is 0.481 e. The number of hydrogen-bond donors (Lipinski definition) is 2. The number of benzene rings is 2. The van der Waals surface area contributed by atoms with Crippen LogP contribution in [0.4, 0.5) is 18.0 Å². The molecule has 35 heavy (non-hydrogen) atoms. The van der Waals surface area contributed by atoms with E-state index in [-0.39, 0.29) is 25.5 Å². The van der Waals surface area contributed by atoms with Crippen LogP contribution in [0.15, 0.2) is 48.5 Å². The third-order valence-corrected chi connectivity index (χ3v) is 6.52. The fourth-order valence-corrected chi connectivity index (χ4v) is 4.90. The van der Waals surface area contributed by atoms with Crippen LogP contribution in [-0.4, -0.2) is 59.4 Å². The first kappa shape index (κ1) is 24.6. The highest BCUT2D eigenvalue weighted by Crippen LogP contribution is 2.44. The number of likely N-dealkylation sites (tertiary alicyclic amines) is 1. The molecule has 0 bridgehead atoms. The number of ether oxygens (including phenoxy) is 1. The van der Waals surface area contributed by atoms with Crippen molar-refractivity contribution in [2.24, 2.45) is 0 Å². The molecule has 2 aromatic rings. The summed E-state index contributed by atoms with van der Waals surface area (Å²) in [6, 6.07) is 12.0. The summed E-state index contributed by atoms with van der Waals surface area (Å²) in [6.45, 7) is 0.0253. The molecule has 2 amide bonds. The van der Waals surface area contributed by atoms with E-state index in [2.05, 4.69) is 0 Å². The minimum absolute atomic E-state index is 0.162. The number of rotatable bonds is 7. The summed E-state index contributed by atoms with van der Waals surface area (Å²) >= 11 is 0. The number of carboxylic acids is 1. The van der Waals surface area contributed by atoms with Gasteiger partial charge in [0.05, 0.1) is 12.8 Å². The molecule has 1 heterocycles. The number of hydrogen-bond acceptors (Lipinski definition) is 4. The van der Waals surface area contributed by atoms with Gasteiger partial charge in [0.2, 0.25) is 5.91 Å². The topological polar surface area (TPSA) is 95.9 Å². The lowest BCUT2D eigenvalue weighted by molar-refractivity contribution is -0.164. The van der Waals surface area contributed by atoms with Crippen LogP contribution in [-0.2, 0) is 14.3 Å². The second-order valence-electron chi connectivity index (χ2n) is 8.75. The molecule has 7 nitrogen and oxygen atoms in total. The predicted octanol–water partition coefficient (Wildman–Crippen LogP) is 4.31. The number of amides is 2. The number of aliphatic carboxylic acids is 1. The molecule has 2 atom stereocenters. The van der Waals surface area contributed by atoms with Gasteiger partial charge in [0.1, 0.15) is 12.6 Å². The molecule has 10 heteroatoms. The zero-order valence-electron chi connectivity index (χ0n) is 18.8. The van der Waals surface area contributed by atoms with Crippen LogP contribution in [0.5, 0.6) is 0 Å². The highest BCUT2D eigenvalue weighted by molar-refractivity contribution is 5.80. The molecule has 2 aromatic carbocycles. The summed E-state index contributed by atoms with van der Waals surface area (Å²) in [6.07, 6.45) is -6.59. The van der Waals surface area contributed by atoms with E-state index in [1.807, 2.05) is 48.5 Å². The number of alkyl halides is 3. The van der Waals surface area contributed by atoms with E-state index in [4.69, 9.17) is 9.84 Å². The lowest BCUT2D eigenvalue weighted by atomic mass is 9.98. The van der Waals surface area contributed by atoms with Crippen LogP contribution in [0.2, 0.25) is 0 Å². The summed E-state index contributed by atoms with van der Waals surface area (Å²) in [5, 5.41) is 10.8. The summed E-state index contributed by atoms with van der Waals surface area (Å²) in [5.74, 6) is -2.30. The normalized spacial score (nSPS) is 18.0. The number of halogens is 3. The zero-order valence-corrected chi connectivity index (χ0v) is 18.8. The number of nitrogens with one attached hydrogen (secondary N) is 1. The highest BCUT2D eigenvalue weighted by atomic mass is 19.4. The fourth-order valence-electron chi connectivity index (χ4n) is 4.90. The molecular weight excluding hydrogens is 465 g/mol. The van der Waals surface area contributed by atoms with Crippen molar-refractivity contribution in [2.45, 2.75) is 49.9 Å². The van der Waals surface area contributed by atoms with Crippen LogP contribution in [0.1, 0.15) is 42.7 Å². The number of fused-ring (bicyclic) bond motifs is 3. The molecule has 186 valence electrons. The molecule has 0 spiro atoms. The van der Waals surface area contributed by atoms with E-state index in [0.29, 0.717) is 12.8 Å². The first-order valence-corrected chi connectivity index (χ1v) is 11.3. The number of carbonyl (C=O) groups excluding carboxylic acids is 2. The van der Waals surface area contributed by atoms with Gasteiger partial charge >= 0.3 is 18.2 Å². The van der Waals surface area contributed by atoms with Crippen molar-refractivity contribution in [3.63, 3.8) is 0 Å². The van der Waals surface area contributed by atoms with Crippen LogP contribution < -0.4 is 5.32 Å². The van der Waals surface area contributed by atoms with Gasteiger partial charge in [0.15, 0.2) is 0 Å². The minimum atomic E-state index is -4.89. The Morgan fingerprint density at radius 2 is 1.66 bits per heavy atom. The first-order valence-electron chi connectivity index (χ1n) is 11.3. The molecule has 2 aliphatic rings. The zero-order chi connectivity index (χ0) is 25.2. The molecule has 2 N–H and O–H groups in total. The fraction of sp³-hybridized carbons (Fsp3) is 0.400. The van der Waals surface area contributed by atoms with E-state index in [1.54, 1.807) is 5.32 Å². The second-order valence-corrected chi connectivity index (χ2v) is 8.75. The molecule has 1 aliphatic heterocycles. The van der Waals surface area contributed by atoms with E-state index in [1.165, 1.54) is 0 Å². The summed E-state index contributed by atoms with van der Waals surface area (Å²) in [7, 11) is 0. The maximum Gasteiger partial charge on any atom is 0.409 e. The second kappa shape index (κ2) is 9.97. The van der Waals surface area contributed by atoms with E-state index < -0.39 is 42.7 Å². The van der Waals surface area contributed by atoms with Crippen LogP contribution in [0.3, 0.4) is 0 Å². The molecule has 0 radical (unpaired) electrons. The molecule has 1 aliphatic carbocycles. The van der Waals surface area contributed by atoms with Crippen molar-refractivity contribution in [2.75, 3.05) is 13.2 Å². The van der Waals surface area contributed by atoms with Gasteiger partial charge in [-0.25, -0.2) is 4.79 Å². The monoisotopic (exact) mass is 490 g/mol. The predicted molar refractivity (Wildman–Crippen MR) is 120 cm³/mol. The Labute approximate surface area is 199 Å². The van der Waals surface area contributed by atoms with Crippen molar-refractivity contribution in [1.82, 2.24) is 10.2 Å². The van der Waals surface area contributed by atoms with Crippen molar-refractivity contribution in [1.29, 1.82) is 0 Å². The van der Waals surface area contributed by atoms with Crippen molar-refractivity contribution >= 4 is 18.0 Å². The summed E-state index contributed by atoms with van der Waals surface area (Å²) < 4.78 is 46.1. The molecule has 0 saturated carbocycles. The smallest absolute Gasteiger partial charge is 0.409 e. The molecule has 1 saturated heterocycles. The summed E-state index contributed by atoms with van der Waals surface area (Å²) in [5.41, 5.74) is 3.81. The van der Waals surface area contributed by atoms with Gasteiger partial charge in [0, 0.05) is 18.5 Å². The number of nitrogens with zero attached hydrogens (tertiary/aromatic N) is 1. The lowest BCUT2D eigenvalue weighted by Crippen LogP contribution is -2.49. The van der Waals surface area contributed by atoms with Crippen LogP contribution in [0.25, 0.3) is 11.1 Å². The van der Waals surface area contributed by atoms with Gasteiger partial charge in [0.25, 0.3) is 0 Å². The highest BCUT2D eigenvalue weighted by Gasteiger charge is 2.44. The van der Waals surface area contributed by atoms with E-state index in [9.17, 15) is 27.6 Å². The molecule has 4 rings (SSSR count). The molecule has 1 unspecified atom stereocenters. The number of alkyl carbamates (subject to hydrolysis) is 1. The van der Waals surface area contributed by atoms with Crippen LogP contribution >= 0.6 is 0 Å². The number of carboxylic acid groups (broad SMARTS) is 1. The van der Waals surface area contributed by atoms with E-state index in [0.717, 1.165) is 27.2 Å². The third-order valence-electron chi connectivity index (χ3n) is 6.52. The average molecular weight is 490 g/mol. The van der Waals surface area contributed by atoms with Gasteiger partial charge in [-0.1, -0.05) is 48.5 Å². The Bertz CT molecular complexity index is 1070. The van der Waals surface area contributed by atoms with Gasteiger partial charge in [-0.05, 0) is 35.1 Å². The van der Waals surface area contributed by atoms with Gasteiger partial charge < -0.3 is 20.1 Å². The Hall–Kier alpha value is -3.56. The Kier molecular flexibility index (Phi) is 7.00. The van der Waals surface area contributed by atoms with Crippen LogP contribution in [0, 0.1) is 0 Å². The number of carbonyl (C=O) groups is 3. The first-order chi connectivity index (χ1) is 16.6. The van der Waals surface area contributed by atoms with Gasteiger partial charge in [-0.15, -0.1) is 0 Å². The Morgan fingerprint density at radius 1 is 1.06 bits per heavy atom. The summed E-state index contributed by atoms with van der Waals surface area (Å²) in [4.78, 5) is 37.1. The SMILES string of the molecule is O=C(O)C[C@@H]1CCCN1C(=O)CC(NC(=O)OCC1c2ccccc2-c2ccccc21)C(F)(F)F. The average Bonchev–Trinajstić information content (AvgIpc) is 3.38. The minimum Gasteiger partial charge on any atom is -0.481 e.